The van der Waals surface area contributed by atoms with Gasteiger partial charge in [-0.1, -0.05) is 13.8 Å². The lowest BCUT2D eigenvalue weighted by molar-refractivity contribution is -0.134. The van der Waals surface area contributed by atoms with E-state index in [4.69, 9.17) is 4.74 Å². The van der Waals surface area contributed by atoms with Crippen molar-refractivity contribution in [3.63, 3.8) is 0 Å². The molecular weight excluding hydrogens is 368 g/mol. The van der Waals surface area contributed by atoms with Gasteiger partial charge in [-0.25, -0.2) is 4.79 Å². The van der Waals surface area contributed by atoms with Gasteiger partial charge in [0.15, 0.2) is 0 Å². The standard InChI is InChI=1S/C22H38N4O3/c1-15(2)14-26-17(4)19(16(3)24-26)12-20(27)25-11-9-8-10-18(25)13-23-21(28)29-22(5,6)7/h15,18H,8-14H2,1-7H3,(H,23,28). The second kappa shape index (κ2) is 9.63. The van der Waals surface area contributed by atoms with Crippen molar-refractivity contribution in [2.24, 2.45) is 5.92 Å². The first-order valence-corrected chi connectivity index (χ1v) is 10.8. The molecule has 0 aliphatic carbocycles. The molecule has 2 amide bonds. The number of piperidine rings is 1. The Hall–Kier alpha value is -2.05. The molecular formula is C22H38N4O3. The molecule has 2 heterocycles. The number of alkyl carbamates (subject to hydrolysis) is 1. The minimum absolute atomic E-state index is 0.00934. The number of amides is 2. The fourth-order valence-corrected chi connectivity index (χ4v) is 3.82. The van der Waals surface area contributed by atoms with Crippen molar-refractivity contribution in [2.75, 3.05) is 13.1 Å². The van der Waals surface area contributed by atoms with Gasteiger partial charge in [0.25, 0.3) is 0 Å². The van der Waals surface area contributed by atoms with Crippen LogP contribution in [0.1, 0.15) is 70.8 Å². The zero-order chi connectivity index (χ0) is 21.8. The van der Waals surface area contributed by atoms with Crippen LogP contribution in [0.15, 0.2) is 0 Å². The molecule has 7 nitrogen and oxygen atoms in total. The van der Waals surface area contributed by atoms with Crippen molar-refractivity contribution in [3.8, 4) is 0 Å². The molecule has 2 rings (SSSR count). The average Bonchev–Trinajstić information content (AvgIpc) is 2.85. The molecule has 0 bridgehead atoms. The molecule has 1 aromatic heterocycles. The van der Waals surface area contributed by atoms with Crippen molar-refractivity contribution < 1.29 is 14.3 Å². The molecule has 0 aromatic carbocycles. The molecule has 0 saturated carbocycles. The number of likely N-dealkylation sites (tertiary alicyclic amines) is 1. The van der Waals surface area contributed by atoms with E-state index < -0.39 is 11.7 Å². The Balaban J connectivity index is 2.02. The van der Waals surface area contributed by atoms with Crippen LogP contribution >= 0.6 is 0 Å². The van der Waals surface area contributed by atoms with Crippen LogP contribution in [0.4, 0.5) is 4.79 Å². The van der Waals surface area contributed by atoms with E-state index in [0.29, 0.717) is 18.9 Å². The largest absolute Gasteiger partial charge is 0.444 e. The lowest BCUT2D eigenvalue weighted by Gasteiger charge is -2.36. The highest BCUT2D eigenvalue weighted by molar-refractivity contribution is 5.80. The number of nitrogens with zero attached hydrogens (tertiary/aromatic N) is 3. The summed E-state index contributed by atoms with van der Waals surface area (Å²) >= 11 is 0. The quantitative estimate of drug-likeness (QED) is 0.783. The summed E-state index contributed by atoms with van der Waals surface area (Å²) in [4.78, 5) is 27.1. The Morgan fingerprint density at radius 2 is 1.93 bits per heavy atom. The van der Waals surface area contributed by atoms with Crippen LogP contribution in [-0.2, 0) is 22.5 Å². The fraction of sp³-hybridized carbons (Fsp3) is 0.773. The Morgan fingerprint density at radius 3 is 2.55 bits per heavy atom. The van der Waals surface area contributed by atoms with E-state index in [-0.39, 0.29) is 11.9 Å². The molecule has 0 radical (unpaired) electrons. The van der Waals surface area contributed by atoms with Crippen LogP contribution in [0.2, 0.25) is 0 Å². The fourth-order valence-electron chi connectivity index (χ4n) is 3.82. The SMILES string of the molecule is Cc1nn(CC(C)C)c(C)c1CC(=O)N1CCCCC1CNC(=O)OC(C)(C)C. The molecule has 1 N–H and O–H groups in total. The molecule has 7 heteroatoms. The van der Waals surface area contributed by atoms with Crippen molar-refractivity contribution in [1.29, 1.82) is 0 Å². The zero-order valence-electron chi connectivity index (χ0n) is 19.2. The molecule has 1 fully saturated rings. The first-order chi connectivity index (χ1) is 13.5. The van der Waals surface area contributed by atoms with E-state index in [0.717, 1.165) is 49.3 Å². The van der Waals surface area contributed by atoms with Crippen LogP contribution in [-0.4, -0.2) is 51.4 Å². The second-order valence-corrected chi connectivity index (χ2v) is 9.52. The Labute approximate surface area is 175 Å². The van der Waals surface area contributed by atoms with Gasteiger partial charge < -0.3 is 15.0 Å². The van der Waals surface area contributed by atoms with Gasteiger partial charge in [-0.3, -0.25) is 9.48 Å². The lowest BCUT2D eigenvalue weighted by atomic mass is 10.00. The molecule has 29 heavy (non-hydrogen) atoms. The maximum Gasteiger partial charge on any atom is 0.407 e. The highest BCUT2D eigenvalue weighted by Gasteiger charge is 2.29. The normalized spacial score (nSPS) is 17.5. The minimum Gasteiger partial charge on any atom is -0.444 e. The highest BCUT2D eigenvalue weighted by Crippen LogP contribution is 2.21. The number of nitrogens with one attached hydrogen (secondary N) is 1. The second-order valence-electron chi connectivity index (χ2n) is 9.52. The summed E-state index contributed by atoms with van der Waals surface area (Å²) in [5.74, 6) is 0.609. The van der Waals surface area contributed by atoms with E-state index in [2.05, 4.69) is 24.3 Å². The summed E-state index contributed by atoms with van der Waals surface area (Å²) in [6.07, 6.45) is 2.89. The number of carbonyl (C=O) groups is 2. The number of aromatic nitrogens is 2. The minimum atomic E-state index is -0.530. The third kappa shape index (κ3) is 6.75. The number of aryl methyl sites for hydroxylation is 1. The number of hydrogen-bond acceptors (Lipinski definition) is 4. The summed E-state index contributed by atoms with van der Waals surface area (Å²) in [5, 5.41) is 7.47. The van der Waals surface area contributed by atoms with Crippen LogP contribution < -0.4 is 5.32 Å². The molecule has 1 aliphatic heterocycles. The number of ether oxygens (including phenoxy) is 1. The van der Waals surface area contributed by atoms with Gasteiger partial charge in [-0.05, 0) is 59.8 Å². The molecule has 1 aromatic rings. The summed E-state index contributed by atoms with van der Waals surface area (Å²) in [5.41, 5.74) is 2.50. The Morgan fingerprint density at radius 1 is 1.24 bits per heavy atom. The predicted octanol–water partition coefficient (Wildman–Crippen LogP) is 3.60. The summed E-state index contributed by atoms with van der Waals surface area (Å²) in [6, 6.07) is 0.00934. The molecule has 164 valence electrons. The van der Waals surface area contributed by atoms with Crippen molar-refractivity contribution in [2.45, 2.75) is 92.3 Å². The van der Waals surface area contributed by atoms with E-state index in [1.807, 2.05) is 44.2 Å². The number of hydrogen-bond donors (Lipinski definition) is 1. The predicted molar refractivity (Wildman–Crippen MR) is 114 cm³/mol. The Bertz CT molecular complexity index is 718. The van der Waals surface area contributed by atoms with Gasteiger partial charge in [-0.2, -0.15) is 5.10 Å². The van der Waals surface area contributed by atoms with Gasteiger partial charge in [-0.15, -0.1) is 0 Å². The maximum absolute atomic E-state index is 13.1. The summed E-state index contributed by atoms with van der Waals surface area (Å²) in [6.45, 7) is 15.9. The van der Waals surface area contributed by atoms with Crippen LogP contribution in [0.25, 0.3) is 0 Å². The molecule has 1 saturated heterocycles. The van der Waals surface area contributed by atoms with Crippen molar-refractivity contribution in [1.82, 2.24) is 20.0 Å². The van der Waals surface area contributed by atoms with Gasteiger partial charge in [0.05, 0.1) is 12.1 Å². The average molecular weight is 407 g/mol. The number of carbonyl (C=O) groups excluding carboxylic acids is 2. The summed E-state index contributed by atoms with van der Waals surface area (Å²) < 4.78 is 7.34. The smallest absolute Gasteiger partial charge is 0.407 e. The molecule has 1 aliphatic rings. The summed E-state index contributed by atoms with van der Waals surface area (Å²) in [7, 11) is 0. The lowest BCUT2D eigenvalue weighted by Crippen LogP contribution is -2.50. The topological polar surface area (TPSA) is 76.5 Å². The van der Waals surface area contributed by atoms with Gasteiger partial charge in [0.1, 0.15) is 5.60 Å². The Kier molecular flexibility index (Phi) is 7.72. The van der Waals surface area contributed by atoms with Crippen LogP contribution in [0, 0.1) is 19.8 Å². The van der Waals surface area contributed by atoms with Gasteiger partial charge in [0.2, 0.25) is 5.91 Å². The van der Waals surface area contributed by atoms with E-state index in [1.165, 1.54) is 0 Å². The molecule has 0 spiro atoms. The van der Waals surface area contributed by atoms with Gasteiger partial charge >= 0.3 is 6.09 Å². The highest BCUT2D eigenvalue weighted by atomic mass is 16.6. The van der Waals surface area contributed by atoms with E-state index in [9.17, 15) is 9.59 Å². The van der Waals surface area contributed by atoms with E-state index in [1.54, 1.807) is 0 Å². The third-order valence-electron chi connectivity index (χ3n) is 5.23. The maximum atomic E-state index is 13.1. The van der Waals surface area contributed by atoms with Crippen LogP contribution in [0.3, 0.4) is 0 Å². The molecule has 1 unspecified atom stereocenters. The third-order valence-corrected chi connectivity index (χ3v) is 5.23. The van der Waals surface area contributed by atoms with Gasteiger partial charge in [0, 0.05) is 36.9 Å². The number of rotatable bonds is 6. The monoisotopic (exact) mass is 406 g/mol. The first-order valence-electron chi connectivity index (χ1n) is 10.8. The first kappa shape index (κ1) is 23.2. The molecule has 1 atom stereocenters. The van der Waals surface area contributed by atoms with Crippen molar-refractivity contribution >= 4 is 12.0 Å². The van der Waals surface area contributed by atoms with Crippen LogP contribution in [0.5, 0.6) is 0 Å². The van der Waals surface area contributed by atoms with E-state index >= 15 is 0 Å². The zero-order valence-corrected chi connectivity index (χ0v) is 19.2. The van der Waals surface area contributed by atoms with Crippen molar-refractivity contribution in [3.05, 3.63) is 17.0 Å².